The summed E-state index contributed by atoms with van der Waals surface area (Å²) in [5, 5.41) is 4.16. The first-order chi connectivity index (χ1) is 17.6. The molecule has 0 radical (unpaired) electrons. The highest BCUT2D eigenvalue weighted by molar-refractivity contribution is 6.05. The van der Waals surface area contributed by atoms with E-state index in [0.717, 1.165) is 47.4 Å². The molecule has 1 unspecified atom stereocenters. The standard InChI is InChI=1S/C29H31N5O2/c1-3-22-10-6-11-23(17-22)32-29-24-18-26-27(19-25(24)30-20-31-29)36-16-8-15-34(26)28(35)12-7-14-33-13-5-4-9-21(33)2/h1,6-7,10-12,17-21H,4-5,8-9,13-16H2,2H3,(H,30,31,32). The Kier molecular flexibility index (Phi) is 7.15. The molecule has 0 aliphatic carbocycles. The number of fused-ring (bicyclic) bond motifs is 2. The maximum Gasteiger partial charge on any atom is 0.250 e. The molecule has 1 aromatic heterocycles. The number of anilines is 3. The highest BCUT2D eigenvalue weighted by atomic mass is 16.5. The number of likely N-dealkylation sites (tertiary alicyclic amines) is 1. The van der Waals surface area contributed by atoms with E-state index in [4.69, 9.17) is 11.2 Å². The van der Waals surface area contributed by atoms with Gasteiger partial charge in [-0.1, -0.05) is 24.5 Å². The molecule has 2 aliphatic rings. The predicted molar refractivity (Wildman–Crippen MR) is 144 cm³/mol. The number of piperidine rings is 1. The zero-order valence-electron chi connectivity index (χ0n) is 20.6. The van der Waals surface area contributed by atoms with Gasteiger partial charge in [-0.25, -0.2) is 9.97 Å². The fourth-order valence-corrected chi connectivity index (χ4v) is 4.88. The van der Waals surface area contributed by atoms with Gasteiger partial charge in [0, 0.05) is 47.9 Å². The first-order valence-corrected chi connectivity index (χ1v) is 12.6. The van der Waals surface area contributed by atoms with Crippen molar-refractivity contribution in [2.45, 2.75) is 38.6 Å². The lowest BCUT2D eigenvalue weighted by atomic mass is 10.0. The van der Waals surface area contributed by atoms with Crippen molar-refractivity contribution in [2.75, 3.05) is 36.5 Å². The van der Waals surface area contributed by atoms with Crippen LogP contribution in [0.15, 0.2) is 54.9 Å². The third-order valence-corrected chi connectivity index (χ3v) is 6.89. The van der Waals surface area contributed by atoms with Gasteiger partial charge in [0.1, 0.15) is 17.9 Å². The Balaban J connectivity index is 1.43. The van der Waals surface area contributed by atoms with E-state index < -0.39 is 0 Å². The maximum atomic E-state index is 13.3. The SMILES string of the molecule is C#Cc1cccc(Nc2ncnc3cc4c(cc23)N(C(=O)C=CCN2CCCCC2C)CCCO4)c1. The summed E-state index contributed by atoms with van der Waals surface area (Å²) in [6.45, 7) is 5.28. The molecule has 184 valence electrons. The summed E-state index contributed by atoms with van der Waals surface area (Å²) >= 11 is 0. The van der Waals surface area contributed by atoms with Crippen LogP contribution in [0.1, 0.15) is 38.2 Å². The number of carbonyl (C=O) groups is 1. The van der Waals surface area contributed by atoms with Crippen LogP contribution >= 0.6 is 0 Å². The summed E-state index contributed by atoms with van der Waals surface area (Å²) in [5.74, 6) is 3.91. The van der Waals surface area contributed by atoms with Crippen LogP contribution in [0.2, 0.25) is 0 Å². The third kappa shape index (κ3) is 5.19. The number of rotatable bonds is 5. The number of amides is 1. The first kappa shape index (κ1) is 23.8. The Morgan fingerprint density at radius 3 is 3.00 bits per heavy atom. The summed E-state index contributed by atoms with van der Waals surface area (Å²) in [5.41, 5.74) is 3.09. The van der Waals surface area contributed by atoms with Gasteiger partial charge in [0.05, 0.1) is 17.8 Å². The van der Waals surface area contributed by atoms with Crippen molar-refractivity contribution in [3.05, 3.63) is 60.4 Å². The number of hydrogen-bond donors (Lipinski definition) is 1. The molecule has 1 atom stereocenters. The molecule has 1 fully saturated rings. The van der Waals surface area contributed by atoms with E-state index in [1.165, 1.54) is 25.6 Å². The van der Waals surface area contributed by atoms with Crippen LogP contribution in [0.3, 0.4) is 0 Å². The van der Waals surface area contributed by atoms with Gasteiger partial charge in [-0.05, 0) is 57.0 Å². The second-order valence-electron chi connectivity index (χ2n) is 9.34. The number of carbonyl (C=O) groups excluding carboxylic acids is 1. The summed E-state index contributed by atoms with van der Waals surface area (Å²) in [7, 11) is 0. The quantitative estimate of drug-likeness (QED) is 0.413. The van der Waals surface area contributed by atoms with E-state index in [-0.39, 0.29) is 5.91 Å². The molecular weight excluding hydrogens is 450 g/mol. The number of benzene rings is 2. The molecule has 2 aliphatic heterocycles. The molecular formula is C29H31N5O2. The van der Waals surface area contributed by atoms with Gasteiger partial charge in [-0.3, -0.25) is 9.69 Å². The Morgan fingerprint density at radius 2 is 2.14 bits per heavy atom. The maximum absolute atomic E-state index is 13.3. The Morgan fingerprint density at radius 1 is 1.22 bits per heavy atom. The fraction of sp³-hybridized carbons (Fsp3) is 0.345. The molecule has 1 amide bonds. The second kappa shape index (κ2) is 10.8. The lowest BCUT2D eigenvalue weighted by Gasteiger charge is -2.32. The number of terminal acetylenes is 1. The Labute approximate surface area is 212 Å². The van der Waals surface area contributed by atoms with Gasteiger partial charge in [0.15, 0.2) is 0 Å². The number of nitrogens with one attached hydrogen (secondary N) is 1. The van der Waals surface area contributed by atoms with Gasteiger partial charge in [-0.2, -0.15) is 0 Å². The van der Waals surface area contributed by atoms with Crippen molar-refractivity contribution >= 4 is 34.0 Å². The van der Waals surface area contributed by atoms with E-state index in [1.807, 2.05) is 42.5 Å². The molecule has 7 nitrogen and oxygen atoms in total. The topological polar surface area (TPSA) is 70.6 Å². The average molecular weight is 482 g/mol. The van der Waals surface area contributed by atoms with E-state index >= 15 is 0 Å². The lowest BCUT2D eigenvalue weighted by molar-refractivity contribution is -0.114. The van der Waals surface area contributed by atoms with Gasteiger partial charge in [0.2, 0.25) is 0 Å². The van der Waals surface area contributed by atoms with Gasteiger partial charge < -0.3 is 15.0 Å². The molecule has 5 rings (SSSR count). The van der Waals surface area contributed by atoms with Gasteiger partial charge in [-0.15, -0.1) is 6.42 Å². The van der Waals surface area contributed by atoms with Crippen molar-refractivity contribution in [1.29, 1.82) is 0 Å². The van der Waals surface area contributed by atoms with Crippen LogP contribution < -0.4 is 15.0 Å². The summed E-state index contributed by atoms with van der Waals surface area (Å²) in [4.78, 5) is 26.5. The number of nitrogens with zero attached hydrogens (tertiary/aromatic N) is 4. The zero-order chi connectivity index (χ0) is 24.9. The molecule has 7 heteroatoms. The fourth-order valence-electron chi connectivity index (χ4n) is 4.88. The van der Waals surface area contributed by atoms with Crippen molar-refractivity contribution in [1.82, 2.24) is 14.9 Å². The minimum atomic E-state index is -0.0427. The minimum Gasteiger partial charge on any atom is -0.491 e. The monoisotopic (exact) mass is 481 g/mol. The van der Waals surface area contributed by atoms with Gasteiger partial charge >= 0.3 is 0 Å². The molecule has 0 bridgehead atoms. The number of ether oxygens (including phenoxy) is 1. The van der Waals surface area contributed by atoms with E-state index in [1.54, 1.807) is 11.0 Å². The molecule has 3 heterocycles. The van der Waals surface area contributed by atoms with Crippen LogP contribution in [-0.4, -0.2) is 53.1 Å². The van der Waals surface area contributed by atoms with Gasteiger partial charge in [0.25, 0.3) is 5.91 Å². The van der Waals surface area contributed by atoms with E-state index in [9.17, 15) is 4.79 Å². The summed E-state index contributed by atoms with van der Waals surface area (Å²) < 4.78 is 6.01. The first-order valence-electron chi connectivity index (χ1n) is 12.6. The largest absolute Gasteiger partial charge is 0.491 e. The summed E-state index contributed by atoms with van der Waals surface area (Å²) in [6.07, 6.45) is 15.3. The Hall–Kier alpha value is -3.89. The Bertz CT molecular complexity index is 1330. The summed E-state index contributed by atoms with van der Waals surface area (Å²) in [6, 6.07) is 12.0. The number of hydrogen-bond acceptors (Lipinski definition) is 6. The molecule has 3 aromatic rings. The molecule has 0 saturated carbocycles. The van der Waals surface area contributed by atoms with Crippen LogP contribution in [-0.2, 0) is 4.79 Å². The molecule has 2 aromatic carbocycles. The van der Waals surface area contributed by atoms with Crippen LogP contribution in [0, 0.1) is 12.3 Å². The predicted octanol–water partition coefficient (Wildman–Crippen LogP) is 4.90. The minimum absolute atomic E-state index is 0.0427. The highest BCUT2D eigenvalue weighted by Gasteiger charge is 2.23. The van der Waals surface area contributed by atoms with Crippen molar-refractivity contribution in [3.63, 3.8) is 0 Å². The molecule has 1 N–H and O–H groups in total. The van der Waals surface area contributed by atoms with Crippen LogP contribution in [0.5, 0.6) is 5.75 Å². The highest BCUT2D eigenvalue weighted by Crippen LogP contribution is 2.37. The van der Waals surface area contributed by atoms with Crippen LogP contribution in [0.4, 0.5) is 17.2 Å². The van der Waals surface area contributed by atoms with Crippen molar-refractivity contribution in [2.24, 2.45) is 0 Å². The molecule has 36 heavy (non-hydrogen) atoms. The lowest BCUT2D eigenvalue weighted by Crippen LogP contribution is -2.37. The third-order valence-electron chi connectivity index (χ3n) is 6.89. The smallest absolute Gasteiger partial charge is 0.250 e. The van der Waals surface area contributed by atoms with E-state index in [2.05, 4.69) is 33.0 Å². The number of aromatic nitrogens is 2. The van der Waals surface area contributed by atoms with Crippen molar-refractivity contribution in [3.8, 4) is 18.1 Å². The molecule has 0 spiro atoms. The molecule has 1 saturated heterocycles. The van der Waals surface area contributed by atoms with Crippen LogP contribution in [0.25, 0.3) is 10.9 Å². The normalized spacial score (nSPS) is 18.3. The van der Waals surface area contributed by atoms with Crippen molar-refractivity contribution < 1.29 is 9.53 Å². The van der Waals surface area contributed by atoms with E-state index in [0.29, 0.717) is 30.8 Å². The second-order valence-corrected chi connectivity index (χ2v) is 9.34. The average Bonchev–Trinajstić information content (AvgIpc) is 3.11. The zero-order valence-corrected chi connectivity index (χ0v) is 20.6.